The lowest BCUT2D eigenvalue weighted by atomic mass is 10.2. The quantitative estimate of drug-likeness (QED) is 0.562. The van der Waals surface area contributed by atoms with Crippen molar-refractivity contribution < 1.29 is 18.1 Å². The molecule has 8 nitrogen and oxygen atoms in total. The van der Waals surface area contributed by atoms with Gasteiger partial charge in [-0.25, -0.2) is 8.42 Å². The topological polar surface area (TPSA) is 110 Å². The molecule has 0 aromatic heterocycles. The standard InChI is InChI=1S/C15H14BrN3O5S/c1-18(25(23,24)12-8-6-11(16)7-9-12)10-15(20)17-13-4-2-3-5-14(13)19(21)22/h2-9H,10H2,1H3,(H,17,20). The summed E-state index contributed by atoms with van der Waals surface area (Å²) in [6.07, 6.45) is 0. The third kappa shape index (κ3) is 4.62. The van der Waals surface area contributed by atoms with E-state index in [4.69, 9.17) is 0 Å². The first kappa shape index (κ1) is 19.0. The predicted octanol–water partition coefficient (Wildman–Crippen LogP) is 2.62. The highest BCUT2D eigenvalue weighted by Gasteiger charge is 2.24. The number of halogens is 1. The number of nitro groups is 1. The third-order valence-electron chi connectivity index (χ3n) is 3.26. The summed E-state index contributed by atoms with van der Waals surface area (Å²) in [5.41, 5.74) is -0.263. The number of sulfonamides is 1. The zero-order valence-electron chi connectivity index (χ0n) is 13.0. The summed E-state index contributed by atoms with van der Waals surface area (Å²) in [5.74, 6) is -0.683. The molecule has 0 aliphatic carbocycles. The van der Waals surface area contributed by atoms with Crippen molar-refractivity contribution in [2.24, 2.45) is 0 Å². The van der Waals surface area contributed by atoms with Gasteiger partial charge in [0.1, 0.15) is 5.69 Å². The van der Waals surface area contributed by atoms with E-state index in [1.54, 1.807) is 12.1 Å². The van der Waals surface area contributed by atoms with Crippen molar-refractivity contribution in [2.75, 3.05) is 18.9 Å². The Hall–Kier alpha value is -2.30. The van der Waals surface area contributed by atoms with Gasteiger partial charge in [-0.2, -0.15) is 4.31 Å². The van der Waals surface area contributed by atoms with Crippen molar-refractivity contribution in [3.05, 3.63) is 63.1 Å². The molecule has 0 atom stereocenters. The monoisotopic (exact) mass is 427 g/mol. The van der Waals surface area contributed by atoms with E-state index in [9.17, 15) is 23.3 Å². The fraction of sp³-hybridized carbons (Fsp3) is 0.133. The number of nitro benzene ring substituents is 1. The number of rotatable bonds is 6. The number of carbonyl (C=O) groups excluding carboxylic acids is 1. The van der Waals surface area contributed by atoms with Crippen LogP contribution < -0.4 is 5.32 Å². The second-order valence-corrected chi connectivity index (χ2v) is 8.00. The van der Waals surface area contributed by atoms with E-state index in [1.807, 2.05) is 0 Å². The molecule has 0 spiro atoms. The number of nitrogens with one attached hydrogen (secondary N) is 1. The van der Waals surface area contributed by atoms with E-state index in [2.05, 4.69) is 21.2 Å². The molecule has 132 valence electrons. The molecule has 10 heteroatoms. The average Bonchev–Trinajstić information content (AvgIpc) is 2.55. The summed E-state index contributed by atoms with van der Waals surface area (Å²) in [6, 6.07) is 11.6. The average molecular weight is 428 g/mol. The molecule has 0 aliphatic rings. The maximum Gasteiger partial charge on any atom is 0.292 e. The van der Waals surface area contributed by atoms with Crippen LogP contribution in [-0.2, 0) is 14.8 Å². The lowest BCUT2D eigenvalue weighted by Gasteiger charge is -2.17. The maximum absolute atomic E-state index is 12.4. The number of amides is 1. The number of para-hydroxylation sites is 2. The molecular formula is C15H14BrN3O5S. The van der Waals surface area contributed by atoms with Gasteiger partial charge in [0.2, 0.25) is 15.9 Å². The van der Waals surface area contributed by atoms with Crippen LogP contribution in [0, 0.1) is 10.1 Å². The van der Waals surface area contributed by atoms with Gasteiger partial charge in [-0.15, -0.1) is 0 Å². The van der Waals surface area contributed by atoms with Crippen LogP contribution in [0.3, 0.4) is 0 Å². The summed E-state index contributed by atoms with van der Waals surface area (Å²) in [4.78, 5) is 22.4. The van der Waals surface area contributed by atoms with Gasteiger partial charge in [-0.05, 0) is 30.3 Å². The van der Waals surface area contributed by atoms with Crippen LogP contribution in [0.2, 0.25) is 0 Å². The van der Waals surface area contributed by atoms with Crippen LogP contribution >= 0.6 is 15.9 Å². The molecule has 0 heterocycles. The van der Waals surface area contributed by atoms with Crippen molar-refractivity contribution in [1.82, 2.24) is 4.31 Å². The van der Waals surface area contributed by atoms with Crippen LogP contribution in [-0.4, -0.2) is 37.1 Å². The zero-order chi connectivity index (χ0) is 18.6. The van der Waals surface area contributed by atoms with Gasteiger partial charge >= 0.3 is 0 Å². The third-order valence-corrected chi connectivity index (χ3v) is 5.61. The molecule has 25 heavy (non-hydrogen) atoms. The van der Waals surface area contributed by atoms with Gasteiger partial charge in [0.15, 0.2) is 0 Å². The predicted molar refractivity (Wildman–Crippen MR) is 95.7 cm³/mol. The number of nitrogens with zero attached hydrogens (tertiary/aromatic N) is 2. The largest absolute Gasteiger partial charge is 0.319 e. The Morgan fingerprint density at radius 1 is 1.20 bits per heavy atom. The minimum absolute atomic E-state index is 0.00643. The Bertz CT molecular complexity index is 900. The van der Waals surface area contributed by atoms with Crippen molar-refractivity contribution >= 4 is 43.2 Å². The van der Waals surface area contributed by atoms with Crippen molar-refractivity contribution in [3.63, 3.8) is 0 Å². The highest BCUT2D eigenvalue weighted by molar-refractivity contribution is 9.10. The second-order valence-electron chi connectivity index (χ2n) is 5.04. The van der Waals surface area contributed by atoms with Crippen LogP contribution in [0.5, 0.6) is 0 Å². The molecule has 0 aliphatic heterocycles. The number of hydrogen-bond donors (Lipinski definition) is 1. The SMILES string of the molecule is CN(CC(=O)Nc1ccccc1[N+](=O)[O-])S(=O)(=O)c1ccc(Br)cc1. The van der Waals surface area contributed by atoms with Crippen molar-refractivity contribution in [3.8, 4) is 0 Å². The molecular weight excluding hydrogens is 414 g/mol. The Morgan fingerprint density at radius 3 is 2.40 bits per heavy atom. The molecule has 2 rings (SSSR count). The van der Waals surface area contributed by atoms with E-state index < -0.39 is 27.4 Å². The number of hydrogen-bond acceptors (Lipinski definition) is 5. The molecule has 2 aromatic carbocycles. The lowest BCUT2D eigenvalue weighted by Crippen LogP contribution is -2.35. The second kappa shape index (κ2) is 7.72. The van der Waals surface area contributed by atoms with Gasteiger partial charge in [-0.3, -0.25) is 14.9 Å². The van der Waals surface area contributed by atoms with Crippen LogP contribution in [0.4, 0.5) is 11.4 Å². The lowest BCUT2D eigenvalue weighted by molar-refractivity contribution is -0.383. The van der Waals surface area contributed by atoms with E-state index in [0.29, 0.717) is 0 Å². The number of likely N-dealkylation sites (N-methyl/N-ethyl adjacent to an activating group) is 1. The summed E-state index contributed by atoms with van der Waals surface area (Å²) < 4.78 is 26.5. The van der Waals surface area contributed by atoms with E-state index in [-0.39, 0.29) is 16.3 Å². The number of benzene rings is 2. The van der Waals surface area contributed by atoms with E-state index >= 15 is 0 Å². The van der Waals surface area contributed by atoms with Gasteiger partial charge < -0.3 is 5.32 Å². The highest BCUT2D eigenvalue weighted by atomic mass is 79.9. The smallest absolute Gasteiger partial charge is 0.292 e. The van der Waals surface area contributed by atoms with Gasteiger partial charge in [0.05, 0.1) is 16.4 Å². The summed E-state index contributed by atoms with van der Waals surface area (Å²) >= 11 is 3.22. The molecule has 0 saturated carbocycles. The number of carbonyl (C=O) groups is 1. The molecule has 0 saturated heterocycles. The molecule has 1 amide bonds. The number of anilines is 1. The van der Waals surface area contributed by atoms with Gasteiger partial charge in [0, 0.05) is 17.6 Å². The first-order chi connectivity index (χ1) is 11.7. The maximum atomic E-state index is 12.4. The molecule has 0 bridgehead atoms. The Morgan fingerprint density at radius 2 is 1.80 bits per heavy atom. The Balaban J connectivity index is 2.12. The van der Waals surface area contributed by atoms with Crippen molar-refractivity contribution in [2.45, 2.75) is 4.90 Å². The van der Waals surface area contributed by atoms with Crippen LogP contribution in [0.15, 0.2) is 57.9 Å². The molecule has 0 unspecified atom stereocenters. The minimum atomic E-state index is -3.85. The fourth-order valence-corrected chi connectivity index (χ4v) is 3.39. The van der Waals surface area contributed by atoms with E-state index in [0.717, 1.165) is 8.78 Å². The summed E-state index contributed by atoms with van der Waals surface area (Å²) in [7, 11) is -2.59. The van der Waals surface area contributed by atoms with Crippen LogP contribution in [0.25, 0.3) is 0 Å². The molecule has 1 N–H and O–H groups in total. The first-order valence-electron chi connectivity index (χ1n) is 6.97. The molecule has 0 radical (unpaired) electrons. The van der Waals surface area contributed by atoms with Crippen molar-refractivity contribution in [1.29, 1.82) is 0 Å². The highest BCUT2D eigenvalue weighted by Crippen LogP contribution is 2.23. The summed E-state index contributed by atoms with van der Waals surface area (Å²) in [5, 5.41) is 13.3. The van der Waals surface area contributed by atoms with Gasteiger partial charge in [0.25, 0.3) is 5.69 Å². The van der Waals surface area contributed by atoms with Gasteiger partial charge in [-0.1, -0.05) is 28.1 Å². The van der Waals surface area contributed by atoms with E-state index in [1.165, 1.54) is 43.4 Å². The Labute approximate surface area is 152 Å². The zero-order valence-corrected chi connectivity index (χ0v) is 15.5. The van der Waals surface area contributed by atoms with Crippen LogP contribution in [0.1, 0.15) is 0 Å². The fourth-order valence-electron chi connectivity index (χ4n) is 2.00. The minimum Gasteiger partial charge on any atom is -0.319 e. The Kier molecular flexibility index (Phi) is 5.88. The summed E-state index contributed by atoms with van der Waals surface area (Å²) in [6.45, 7) is -0.482. The normalized spacial score (nSPS) is 11.3. The molecule has 2 aromatic rings. The molecule has 0 fully saturated rings. The first-order valence-corrected chi connectivity index (χ1v) is 9.20.